The van der Waals surface area contributed by atoms with Crippen LogP contribution in [0.5, 0.6) is 0 Å². The fraction of sp³-hybridized carbons (Fsp3) is 0.688. The molecule has 2 rings (SSSR count). The Kier molecular flexibility index (Phi) is 5.27. The molecule has 0 spiro atoms. The molecule has 1 N–H and O–H groups in total. The summed E-state index contributed by atoms with van der Waals surface area (Å²) in [7, 11) is 0. The molecule has 1 fully saturated rings. The fourth-order valence-electron chi connectivity index (χ4n) is 2.58. The van der Waals surface area contributed by atoms with Gasteiger partial charge in [0.05, 0.1) is 0 Å². The van der Waals surface area contributed by atoms with Crippen LogP contribution in [0, 0.1) is 0 Å². The molecular formula is C16H26N2O2S. The number of ether oxygens (including phenoxy) is 1. The SMILES string of the molecule is CC(Cc1cccs1)NC1CCN(C(=O)OC(C)(C)C)C1. The van der Waals surface area contributed by atoms with Gasteiger partial charge in [-0.1, -0.05) is 6.07 Å². The molecular weight excluding hydrogens is 284 g/mol. The first-order valence-electron chi connectivity index (χ1n) is 7.60. The summed E-state index contributed by atoms with van der Waals surface area (Å²) in [4.78, 5) is 15.2. The van der Waals surface area contributed by atoms with E-state index < -0.39 is 5.60 Å². The number of hydrogen-bond acceptors (Lipinski definition) is 4. The van der Waals surface area contributed by atoms with Gasteiger partial charge in [-0.25, -0.2) is 4.79 Å². The minimum absolute atomic E-state index is 0.197. The smallest absolute Gasteiger partial charge is 0.410 e. The summed E-state index contributed by atoms with van der Waals surface area (Å²) >= 11 is 1.80. The van der Waals surface area contributed by atoms with Gasteiger partial charge in [0.25, 0.3) is 0 Å². The summed E-state index contributed by atoms with van der Waals surface area (Å²) in [5.41, 5.74) is -0.422. The Balaban J connectivity index is 1.76. The van der Waals surface area contributed by atoms with Gasteiger partial charge in [-0.2, -0.15) is 0 Å². The van der Waals surface area contributed by atoms with Crippen molar-refractivity contribution in [2.75, 3.05) is 13.1 Å². The molecule has 2 atom stereocenters. The van der Waals surface area contributed by atoms with Gasteiger partial charge in [0.15, 0.2) is 0 Å². The summed E-state index contributed by atoms with van der Waals surface area (Å²) < 4.78 is 5.42. The molecule has 1 aliphatic heterocycles. The van der Waals surface area contributed by atoms with Crippen LogP contribution in [0.2, 0.25) is 0 Å². The van der Waals surface area contributed by atoms with Crippen LogP contribution >= 0.6 is 11.3 Å². The number of carbonyl (C=O) groups is 1. The first-order valence-corrected chi connectivity index (χ1v) is 8.48. The van der Waals surface area contributed by atoms with Crippen LogP contribution in [-0.4, -0.2) is 41.8 Å². The third-order valence-electron chi connectivity index (χ3n) is 3.45. The molecule has 4 nitrogen and oxygen atoms in total. The molecule has 0 saturated carbocycles. The van der Waals surface area contributed by atoms with E-state index in [1.54, 1.807) is 16.2 Å². The maximum absolute atomic E-state index is 12.0. The molecule has 0 aromatic carbocycles. The van der Waals surface area contributed by atoms with Gasteiger partial charge in [0.2, 0.25) is 0 Å². The summed E-state index contributed by atoms with van der Waals surface area (Å²) in [6, 6.07) is 5.05. The van der Waals surface area contributed by atoms with Crippen molar-refractivity contribution in [3.05, 3.63) is 22.4 Å². The second-order valence-corrected chi connectivity index (χ2v) is 7.80. The third kappa shape index (κ3) is 5.32. The van der Waals surface area contributed by atoms with Crippen LogP contribution in [0.25, 0.3) is 0 Å². The second kappa shape index (κ2) is 6.79. The van der Waals surface area contributed by atoms with Crippen molar-refractivity contribution >= 4 is 17.4 Å². The van der Waals surface area contributed by atoms with E-state index in [0.717, 1.165) is 25.9 Å². The highest BCUT2D eigenvalue weighted by Crippen LogP contribution is 2.17. The normalized spacial score (nSPS) is 20.6. The lowest BCUT2D eigenvalue weighted by Gasteiger charge is -2.25. The molecule has 0 aliphatic carbocycles. The van der Waals surface area contributed by atoms with E-state index in [4.69, 9.17) is 4.74 Å². The average molecular weight is 310 g/mol. The largest absolute Gasteiger partial charge is 0.444 e. The highest BCUT2D eigenvalue weighted by atomic mass is 32.1. The minimum atomic E-state index is -0.422. The first-order chi connectivity index (χ1) is 9.83. The zero-order valence-electron chi connectivity index (χ0n) is 13.4. The Hall–Kier alpha value is -1.07. The van der Waals surface area contributed by atoms with Crippen molar-refractivity contribution in [1.29, 1.82) is 0 Å². The van der Waals surface area contributed by atoms with E-state index in [0.29, 0.717) is 12.1 Å². The Morgan fingerprint density at radius 1 is 1.57 bits per heavy atom. The number of amides is 1. The Morgan fingerprint density at radius 2 is 2.33 bits per heavy atom. The monoisotopic (exact) mass is 310 g/mol. The highest BCUT2D eigenvalue weighted by molar-refractivity contribution is 7.09. The van der Waals surface area contributed by atoms with Gasteiger partial charge in [-0.05, 0) is 52.0 Å². The van der Waals surface area contributed by atoms with Crippen molar-refractivity contribution in [1.82, 2.24) is 10.2 Å². The van der Waals surface area contributed by atoms with Gasteiger partial charge < -0.3 is 15.0 Å². The molecule has 5 heteroatoms. The van der Waals surface area contributed by atoms with Gasteiger partial charge in [0.1, 0.15) is 5.60 Å². The van der Waals surface area contributed by atoms with E-state index in [9.17, 15) is 4.79 Å². The second-order valence-electron chi connectivity index (χ2n) is 6.76. The van der Waals surface area contributed by atoms with Gasteiger partial charge in [-0.3, -0.25) is 0 Å². The van der Waals surface area contributed by atoms with E-state index in [1.807, 2.05) is 20.8 Å². The van der Waals surface area contributed by atoms with Crippen LogP contribution < -0.4 is 5.32 Å². The molecule has 21 heavy (non-hydrogen) atoms. The number of rotatable bonds is 4. The lowest BCUT2D eigenvalue weighted by atomic mass is 10.1. The number of carbonyl (C=O) groups excluding carboxylic acids is 1. The summed E-state index contributed by atoms with van der Waals surface area (Å²) in [6.07, 6.45) is 1.84. The van der Waals surface area contributed by atoms with Crippen LogP contribution in [0.1, 0.15) is 39.0 Å². The van der Waals surface area contributed by atoms with Gasteiger partial charge >= 0.3 is 6.09 Å². The number of nitrogens with one attached hydrogen (secondary N) is 1. The van der Waals surface area contributed by atoms with Crippen LogP contribution in [0.15, 0.2) is 17.5 Å². The fourth-order valence-corrected chi connectivity index (χ4v) is 3.42. The number of thiophene rings is 1. The number of nitrogens with zero attached hydrogens (tertiary/aromatic N) is 1. The molecule has 1 saturated heterocycles. The molecule has 2 heterocycles. The standard InChI is InChI=1S/C16H26N2O2S/c1-12(10-14-6-5-9-21-14)17-13-7-8-18(11-13)15(19)20-16(2,3)4/h5-6,9,12-13,17H,7-8,10-11H2,1-4H3. The Morgan fingerprint density at radius 3 is 2.95 bits per heavy atom. The topological polar surface area (TPSA) is 41.6 Å². The number of hydrogen-bond donors (Lipinski definition) is 1. The lowest BCUT2D eigenvalue weighted by Crippen LogP contribution is -2.41. The predicted molar refractivity (Wildman–Crippen MR) is 86.8 cm³/mol. The van der Waals surface area contributed by atoms with E-state index in [2.05, 4.69) is 29.8 Å². The maximum atomic E-state index is 12.0. The lowest BCUT2D eigenvalue weighted by molar-refractivity contribution is 0.0290. The third-order valence-corrected chi connectivity index (χ3v) is 4.35. The van der Waals surface area contributed by atoms with Gasteiger partial charge in [-0.15, -0.1) is 11.3 Å². The van der Waals surface area contributed by atoms with Crippen molar-refractivity contribution < 1.29 is 9.53 Å². The first kappa shape index (κ1) is 16.3. The summed E-state index contributed by atoms with van der Waals surface area (Å²) in [6.45, 7) is 9.43. The molecule has 0 bridgehead atoms. The molecule has 118 valence electrons. The number of likely N-dealkylation sites (tertiary alicyclic amines) is 1. The molecule has 1 aromatic heterocycles. The van der Waals surface area contributed by atoms with Crippen LogP contribution in [0.4, 0.5) is 4.79 Å². The molecule has 2 unspecified atom stereocenters. The van der Waals surface area contributed by atoms with E-state index >= 15 is 0 Å². The van der Waals surface area contributed by atoms with Crippen molar-refractivity contribution in [2.45, 2.75) is 58.2 Å². The highest BCUT2D eigenvalue weighted by Gasteiger charge is 2.30. The van der Waals surface area contributed by atoms with Crippen LogP contribution in [-0.2, 0) is 11.2 Å². The molecule has 1 aromatic rings. The Labute approximate surface area is 131 Å². The Bertz CT molecular complexity index is 453. The minimum Gasteiger partial charge on any atom is -0.444 e. The van der Waals surface area contributed by atoms with Gasteiger partial charge in [0, 0.05) is 30.1 Å². The average Bonchev–Trinajstić information content (AvgIpc) is 2.98. The van der Waals surface area contributed by atoms with Crippen LogP contribution in [0.3, 0.4) is 0 Å². The van der Waals surface area contributed by atoms with Crippen molar-refractivity contribution in [3.8, 4) is 0 Å². The zero-order valence-corrected chi connectivity index (χ0v) is 14.2. The van der Waals surface area contributed by atoms with E-state index in [1.165, 1.54) is 4.88 Å². The molecule has 1 amide bonds. The zero-order chi connectivity index (χ0) is 15.5. The quantitative estimate of drug-likeness (QED) is 0.928. The van der Waals surface area contributed by atoms with Crippen molar-refractivity contribution in [2.24, 2.45) is 0 Å². The molecule has 0 radical (unpaired) electrons. The maximum Gasteiger partial charge on any atom is 0.410 e. The van der Waals surface area contributed by atoms with E-state index in [-0.39, 0.29) is 6.09 Å². The summed E-state index contributed by atoms with van der Waals surface area (Å²) in [5, 5.41) is 5.73. The molecule has 1 aliphatic rings. The predicted octanol–water partition coefficient (Wildman–Crippen LogP) is 3.28. The summed E-state index contributed by atoms with van der Waals surface area (Å²) in [5.74, 6) is 0. The van der Waals surface area contributed by atoms with Crippen molar-refractivity contribution in [3.63, 3.8) is 0 Å².